The Hall–Kier alpha value is -2.37. The van der Waals surface area contributed by atoms with Gasteiger partial charge in [-0.05, 0) is 30.2 Å². The van der Waals surface area contributed by atoms with Crippen molar-refractivity contribution in [2.24, 2.45) is 0 Å². The molecule has 0 saturated carbocycles. The Kier molecular flexibility index (Phi) is 6.85. The van der Waals surface area contributed by atoms with Gasteiger partial charge in [0.15, 0.2) is 11.5 Å². The van der Waals surface area contributed by atoms with Crippen LogP contribution in [0.3, 0.4) is 0 Å². The van der Waals surface area contributed by atoms with Crippen LogP contribution in [0.2, 0.25) is 0 Å². The molecule has 1 aliphatic heterocycles. The predicted molar refractivity (Wildman–Crippen MR) is 107 cm³/mol. The minimum absolute atomic E-state index is 0.603. The Balaban J connectivity index is 1.45. The molecule has 1 saturated heterocycles. The Morgan fingerprint density at radius 1 is 1.04 bits per heavy atom. The topological polar surface area (TPSA) is 42.0 Å². The summed E-state index contributed by atoms with van der Waals surface area (Å²) in [5, 5.41) is 0. The van der Waals surface area contributed by atoms with Crippen molar-refractivity contribution in [3.63, 3.8) is 0 Å². The van der Waals surface area contributed by atoms with Crippen LogP contribution in [0.25, 0.3) is 0 Å². The monoisotopic (exact) mass is 368 g/mol. The molecule has 0 amide bonds. The van der Waals surface area contributed by atoms with Crippen LogP contribution < -0.4 is 9.47 Å². The van der Waals surface area contributed by atoms with Crippen LogP contribution in [0.1, 0.15) is 21.5 Å². The van der Waals surface area contributed by atoms with Gasteiger partial charge >= 0.3 is 0 Å². The van der Waals surface area contributed by atoms with Crippen LogP contribution in [-0.2, 0) is 6.54 Å². The van der Waals surface area contributed by atoms with Crippen molar-refractivity contribution in [2.75, 3.05) is 46.4 Å². The summed E-state index contributed by atoms with van der Waals surface area (Å²) in [6.45, 7) is 8.70. The number of aryl methyl sites for hydroxylation is 1. The molecule has 5 heteroatoms. The van der Waals surface area contributed by atoms with E-state index in [1.165, 1.54) is 5.56 Å². The van der Waals surface area contributed by atoms with Crippen molar-refractivity contribution in [3.05, 3.63) is 59.2 Å². The molecule has 3 rings (SSSR count). The van der Waals surface area contributed by atoms with E-state index in [0.29, 0.717) is 17.9 Å². The summed E-state index contributed by atoms with van der Waals surface area (Å²) >= 11 is 0. The maximum atomic E-state index is 11.0. The molecule has 0 bridgehead atoms. The van der Waals surface area contributed by atoms with Crippen molar-refractivity contribution in [1.29, 1.82) is 0 Å². The molecule has 2 aromatic carbocycles. The number of benzene rings is 2. The van der Waals surface area contributed by atoms with Crippen LogP contribution in [-0.4, -0.2) is 62.5 Å². The molecule has 0 radical (unpaired) electrons. The van der Waals surface area contributed by atoms with Crippen molar-refractivity contribution >= 4 is 6.29 Å². The lowest BCUT2D eigenvalue weighted by atomic mass is 10.1. The molecule has 0 aromatic heterocycles. The van der Waals surface area contributed by atoms with Gasteiger partial charge < -0.3 is 9.47 Å². The largest absolute Gasteiger partial charge is 0.493 e. The minimum atomic E-state index is 0.603. The van der Waals surface area contributed by atoms with Gasteiger partial charge in [-0.1, -0.05) is 30.3 Å². The molecule has 27 heavy (non-hydrogen) atoms. The molecule has 0 aliphatic carbocycles. The van der Waals surface area contributed by atoms with E-state index in [0.717, 1.165) is 56.9 Å². The number of piperazine rings is 1. The van der Waals surface area contributed by atoms with Crippen LogP contribution in [0.4, 0.5) is 0 Å². The molecular formula is C22H28N2O3. The van der Waals surface area contributed by atoms with Gasteiger partial charge in [-0.2, -0.15) is 0 Å². The highest BCUT2D eigenvalue weighted by Crippen LogP contribution is 2.32. The fraction of sp³-hybridized carbons (Fsp3) is 0.409. The van der Waals surface area contributed by atoms with E-state index in [4.69, 9.17) is 9.47 Å². The highest BCUT2D eigenvalue weighted by molar-refractivity contribution is 5.77. The lowest BCUT2D eigenvalue weighted by molar-refractivity contribution is 0.111. The number of hydrogen-bond donors (Lipinski definition) is 0. The zero-order chi connectivity index (χ0) is 19.1. The Morgan fingerprint density at radius 3 is 2.41 bits per heavy atom. The zero-order valence-corrected chi connectivity index (χ0v) is 16.2. The minimum Gasteiger partial charge on any atom is -0.493 e. The van der Waals surface area contributed by atoms with E-state index in [1.807, 2.05) is 13.0 Å². The average Bonchev–Trinajstić information content (AvgIpc) is 2.71. The van der Waals surface area contributed by atoms with Crippen molar-refractivity contribution in [2.45, 2.75) is 13.5 Å². The first kappa shape index (κ1) is 19.4. The summed E-state index contributed by atoms with van der Waals surface area (Å²) in [5.41, 5.74) is 2.89. The second-order valence-electron chi connectivity index (χ2n) is 6.94. The van der Waals surface area contributed by atoms with Crippen molar-refractivity contribution in [3.8, 4) is 11.5 Å². The summed E-state index contributed by atoms with van der Waals surface area (Å²) in [4.78, 5) is 15.9. The number of nitrogens with zero attached hydrogens (tertiary/aromatic N) is 2. The highest BCUT2D eigenvalue weighted by Gasteiger charge is 2.17. The maximum absolute atomic E-state index is 11.0. The molecule has 1 fully saturated rings. The fourth-order valence-electron chi connectivity index (χ4n) is 3.46. The molecule has 0 atom stereocenters. The Morgan fingerprint density at radius 2 is 1.74 bits per heavy atom. The van der Waals surface area contributed by atoms with Crippen LogP contribution in [0.5, 0.6) is 11.5 Å². The van der Waals surface area contributed by atoms with Crippen LogP contribution in [0, 0.1) is 6.92 Å². The number of carbonyl (C=O) groups excluding carboxylic acids is 1. The van der Waals surface area contributed by atoms with Crippen molar-refractivity contribution in [1.82, 2.24) is 9.80 Å². The molecule has 0 N–H and O–H groups in total. The number of rotatable bonds is 8. The first-order valence-electron chi connectivity index (χ1n) is 9.45. The fourth-order valence-corrected chi connectivity index (χ4v) is 3.46. The van der Waals surface area contributed by atoms with E-state index in [-0.39, 0.29) is 0 Å². The van der Waals surface area contributed by atoms with Gasteiger partial charge in [0.1, 0.15) is 12.9 Å². The van der Waals surface area contributed by atoms with Gasteiger partial charge in [0.25, 0.3) is 0 Å². The molecular weight excluding hydrogens is 340 g/mol. The smallest absolute Gasteiger partial charge is 0.164 e. The number of hydrogen-bond acceptors (Lipinski definition) is 5. The summed E-state index contributed by atoms with van der Waals surface area (Å²) < 4.78 is 11.4. The van der Waals surface area contributed by atoms with E-state index < -0.39 is 0 Å². The van der Waals surface area contributed by atoms with E-state index in [2.05, 4.69) is 40.1 Å². The number of methoxy groups -OCH3 is 1. The third-order valence-electron chi connectivity index (χ3n) is 4.99. The molecule has 1 heterocycles. The Bertz CT molecular complexity index is 741. The molecule has 0 unspecified atom stereocenters. The first-order valence-corrected chi connectivity index (χ1v) is 9.45. The molecule has 1 aliphatic rings. The van der Waals surface area contributed by atoms with Gasteiger partial charge in [-0.3, -0.25) is 14.6 Å². The Labute approximate surface area is 161 Å². The van der Waals surface area contributed by atoms with E-state index in [9.17, 15) is 4.79 Å². The highest BCUT2D eigenvalue weighted by atomic mass is 16.5. The molecule has 144 valence electrons. The first-order chi connectivity index (χ1) is 13.2. The SMILES string of the molecule is COc1cc(C=O)cc(C)c1OCCN1CCN(Cc2ccccc2)CC1. The molecule has 0 spiro atoms. The lowest BCUT2D eigenvalue weighted by Crippen LogP contribution is -2.47. The van der Waals surface area contributed by atoms with Gasteiger partial charge in [0.05, 0.1) is 7.11 Å². The molecule has 2 aromatic rings. The summed E-state index contributed by atoms with van der Waals surface area (Å²) in [6, 6.07) is 14.2. The lowest BCUT2D eigenvalue weighted by Gasteiger charge is -2.34. The second-order valence-corrected chi connectivity index (χ2v) is 6.94. The van der Waals surface area contributed by atoms with E-state index >= 15 is 0 Å². The zero-order valence-electron chi connectivity index (χ0n) is 16.2. The number of carbonyl (C=O) groups is 1. The number of aldehydes is 1. The van der Waals surface area contributed by atoms with Gasteiger partial charge in [-0.15, -0.1) is 0 Å². The van der Waals surface area contributed by atoms with Gasteiger partial charge in [0.2, 0.25) is 0 Å². The van der Waals surface area contributed by atoms with Crippen LogP contribution >= 0.6 is 0 Å². The number of ether oxygens (including phenoxy) is 2. The standard InChI is InChI=1S/C22H28N2O3/c1-18-14-20(17-25)15-21(26-2)22(18)27-13-12-23-8-10-24(11-9-23)16-19-6-4-3-5-7-19/h3-7,14-15,17H,8-13,16H2,1-2H3. The second kappa shape index (κ2) is 9.53. The van der Waals surface area contributed by atoms with Gasteiger partial charge in [0, 0.05) is 44.8 Å². The summed E-state index contributed by atoms with van der Waals surface area (Å²) in [5.74, 6) is 1.34. The van der Waals surface area contributed by atoms with Crippen molar-refractivity contribution < 1.29 is 14.3 Å². The predicted octanol–water partition coefficient (Wildman–Crippen LogP) is 3.01. The summed E-state index contributed by atoms with van der Waals surface area (Å²) in [7, 11) is 1.60. The van der Waals surface area contributed by atoms with E-state index in [1.54, 1.807) is 13.2 Å². The third-order valence-corrected chi connectivity index (χ3v) is 4.99. The normalized spacial score (nSPS) is 15.5. The van der Waals surface area contributed by atoms with Crippen LogP contribution in [0.15, 0.2) is 42.5 Å². The molecule has 5 nitrogen and oxygen atoms in total. The van der Waals surface area contributed by atoms with Gasteiger partial charge in [-0.25, -0.2) is 0 Å². The average molecular weight is 368 g/mol. The maximum Gasteiger partial charge on any atom is 0.164 e. The summed E-state index contributed by atoms with van der Waals surface area (Å²) in [6.07, 6.45) is 0.828. The third kappa shape index (κ3) is 5.31. The quantitative estimate of drug-likeness (QED) is 0.670.